The van der Waals surface area contributed by atoms with Crippen molar-refractivity contribution in [3.8, 4) is 0 Å². The lowest BCUT2D eigenvalue weighted by molar-refractivity contribution is 0.758. The molecule has 0 saturated heterocycles. The highest BCUT2D eigenvalue weighted by molar-refractivity contribution is 6.30. The first-order valence-corrected chi connectivity index (χ1v) is 7.12. The Morgan fingerprint density at radius 2 is 1.95 bits per heavy atom. The molecule has 0 atom stereocenters. The topological polar surface area (TPSA) is 41.0 Å². The number of hydrogen-bond acceptors (Lipinski definition) is 4. The van der Waals surface area contributed by atoms with Crippen LogP contribution in [0.2, 0.25) is 5.02 Å². The molecule has 0 aliphatic rings. The molecule has 4 nitrogen and oxygen atoms in total. The highest BCUT2D eigenvalue weighted by Gasteiger charge is 2.04. The average molecular weight is 291 g/mol. The van der Waals surface area contributed by atoms with E-state index in [9.17, 15) is 0 Å². The second-order valence-corrected chi connectivity index (χ2v) is 5.10. The summed E-state index contributed by atoms with van der Waals surface area (Å²) in [5.41, 5.74) is 0.954. The van der Waals surface area contributed by atoms with E-state index in [-0.39, 0.29) is 0 Å². The van der Waals surface area contributed by atoms with Crippen LogP contribution < -0.4 is 10.2 Å². The Morgan fingerprint density at radius 3 is 2.65 bits per heavy atom. The Bertz CT molecular complexity index is 542. The molecule has 106 valence electrons. The molecule has 5 heteroatoms. The van der Waals surface area contributed by atoms with Gasteiger partial charge in [-0.2, -0.15) is 0 Å². The van der Waals surface area contributed by atoms with Gasteiger partial charge in [-0.15, -0.1) is 0 Å². The first-order chi connectivity index (χ1) is 9.69. The molecule has 2 rings (SSSR count). The van der Waals surface area contributed by atoms with Gasteiger partial charge in [0.1, 0.15) is 18.0 Å². The van der Waals surface area contributed by atoms with E-state index in [1.54, 1.807) is 6.33 Å². The molecule has 1 heterocycles. The van der Waals surface area contributed by atoms with Gasteiger partial charge >= 0.3 is 0 Å². The third-order valence-corrected chi connectivity index (χ3v) is 3.26. The third kappa shape index (κ3) is 4.10. The van der Waals surface area contributed by atoms with E-state index < -0.39 is 0 Å². The van der Waals surface area contributed by atoms with Gasteiger partial charge < -0.3 is 10.2 Å². The highest BCUT2D eigenvalue weighted by atomic mass is 35.5. The fourth-order valence-corrected chi connectivity index (χ4v) is 1.94. The SMILES string of the molecule is CCCCN(C)c1cc(Nc2ccc(Cl)cc2)ncn1. The van der Waals surface area contributed by atoms with Crippen LogP contribution in [0.15, 0.2) is 36.7 Å². The first-order valence-electron chi connectivity index (χ1n) is 6.75. The molecule has 0 spiro atoms. The van der Waals surface area contributed by atoms with E-state index in [0.717, 1.165) is 35.3 Å². The lowest BCUT2D eigenvalue weighted by Crippen LogP contribution is -2.19. The van der Waals surface area contributed by atoms with Crippen LogP contribution in [0.4, 0.5) is 17.3 Å². The molecule has 0 aliphatic carbocycles. The minimum absolute atomic E-state index is 0.721. The summed E-state index contributed by atoms with van der Waals surface area (Å²) < 4.78 is 0. The summed E-state index contributed by atoms with van der Waals surface area (Å²) in [5.74, 6) is 1.70. The molecule has 0 aliphatic heterocycles. The van der Waals surface area contributed by atoms with Crippen molar-refractivity contribution in [3.05, 3.63) is 41.7 Å². The molecule has 0 radical (unpaired) electrons. The predicted octanol–water partition coefficient (Wildman–Crippen LogP) is 4.11. The fourth-order valence-electron chi connectivity index (χ4n) is 1.82. The van der Waals surface area contributed by atoms with E-state index in [0.29, 0.717) is 0 Å². The number of rotatable bonds is 6. The number of unbranched alkanes of at least 4 members (excludes halogenated alkanes) is 1. The zero-order valence-electron chi connectivity index (χ0n) is 11.8. The molecule has 0 unspecified atom stereocenters. The van der Waals surface area contributed by atoms with Crippen LogP contribution in [-0.2, 0) is 0 Å². The Kier molecular flexibility index (Phi) is 5.18. The molecule has 0 amide bonds. The van der Waals surface area contributed by atoms with E-state index in [1.165, 1.54) is 6.42 Å². The van der Waals surface area contributed by atoms with E-state index in [4.69, 9.17) is 11.6 Å². The molecule has 1 aromatic carbocycles. The highest BCUT2D eigenvalue weighted by Crippen LogP contribution is 2.19. The maximum atomic E-state index is 5.87. The second-order valence-electron chi connectivity index (χ2n) is 4.67. The lowest BCUT2D eigenvalue weighted by atomic mass is 10.3. The number of benzene rings is 1. The van der Waals surface area contributed by atoms with E-state index in [2.05, 4.69) is 27.1 Å². The maximum Gasteiger partial charge on any atom is 0.135 e. The normalized spacial score (nSPS) is 10.3. The van der Waals surface area contributed by atoms with Crippen LogP contribution >= 0.6 is 11.6 Å². The van der Waals surface area contributed by atoms with E-state index >= 15 is 0 Å². The predicted molar refractivity (Wildman–Crippen MR) is 84.9 cm³/mol. The number of halogens is 1. The van der Waals surface area contributed by atoms with Crippen molar-refractivity contribution in [2.45, 2.75) is 19.8 Å². The molecular formula is C15H19ClN4. The van der Waals surface area contributed by atoms with Gasteiger partial charge in [-0.1, -0.05) is 24.9 Å². The molecule has 0 bridgehead atoms. The summed E-state index contributed by atoms with van der Waals surface area (Å²) in [6, 6.07) is 9.48. The molecule has 2 aromatic rings. The van der Waals surface area contributed by atoms with Crippen LogP contribution in [0.1, 0.15) is 19.8 Å². The zero-order chi connectivity index (χ0) is 14.4. The summed E-state index contributed by atoms with van der Waals surface area (Å²) in [4.78, 5) is 10.7. The van der Waals surface area contributed by atoms with Gasteiger partial charge in [0.05, 0.1) is 0 Å². The summed E-state index contributed by atoms with van der Waals surface area (Å²) in [6.07, 6.45) is 3.90. The van der Waals surface area contributed by atoms with Crippen molar-refractivity contribution in [1.29, 1.82) is 0 Å². The van der Waals surface area contributed by atoms with Crippen molar-refractivity contribution in [2.75, 3.05) is 23.8 Å². The van der Waals surface area contributed by atoms with Crippen molar-refractivity contribution < 1.29 is 0 Å². The number of nitrogens with zero attached hydrogens (tertiary/aromatic N) is 3. The number of hydrogen-bond donors (Lipinski definition) is 1. The van der Waals surface area contributed by atoms with Gasteiger partial charge in [0.15, 0.2) is 0 Å². The average Bonchev–Trinajstić information content (AvgIpc) is 2.47. The van der Waals surface area contributed by atoms with Crippen molar-refractivity contribution >= 4 is 28.9 Å². The molecular weight excluding hydrogens is 272 g/mol. The van der Waals surface area contributed by atoms with Crippen LogP contribution in [0.25, 0.3) is 0 Å². The quantitative estimate of drug-likeness (QED) is 0.869. The van der Waals surface area contributed by atoms with Gasteiger partial charge in [-0.3, -0.25) is 0 Å². The van der Waals surface area contributed by atoms with Gasteiger partial charge in [-0.25, -0.2) is 9.97 Å². The van der Waals surface area contributed by atoms with Gasteiger partial charge in [0.25, 0.3) is 0 Å². The summed E-state index contributed by atoms with van der Waals surface area (Å²) in [7, 11) is 2.05. The van der Waals surface area contributed by atoms with Crippen molar-refractivity contribution in [3.63, 3.8) is 0 Å². The molecule has 1 N–H and O–H groups in total. The molecule has 0 saturated carbocycles. The Balaban J connectivity index is 2.07. The van der Waals surface area contributed by atoms with Crippen LogP contribution in [0, 0.1) is 0 Å². The van der Waals surface area contributed by atoms with Crippen LogP contribution in [0.5, 0.6) is 0 Å². The second kappa shape index (κ2) is 7.10. The smallest absolute Gasteiger partial charge is 0.135 e. The largest absolute Gasteiger partial charge is 0.360 e. The Morgan fingerprint density at radius 1 is 1.20 bits per heavy atom. The maximum absolute atomic E-state index is 5.87. The molecule has 1 aromatic heterocycles. The minimum Gasteiger partial charge on any atom is -0.360 e. The van der Waals surface area contributed by atoms with Gasteiger partial charge in [0.2, 0.25) is 0 Å². The van der Waals surface area contributed by atoms with Crippen molar-refractivity contribution in [1.82, 2.24) is 9.97 Å². The summed E-state index contributed by atoms with van der Waals surface area (Å²) >= 11 is 5.87. The minimum atomic E-state index is 0.721. The Labute approximate surface area is 124 Å². The monoisotopic (exact) mass is 290 g/mol. The molecule has 20 heavy (non-hydrogen) atoms. The van der Waals surface area contributed by atoms with Crippen LogP contribution in [-0.4, -0.2) is 23.6 Å². The number of aromatic nitrogens is 2. The first kappa shape index (κ1) is 14.6. The third-order valence-electron chi connectivity index (χ3n) is 3.01. The zero-order valence-corrected chi connectivity index (χ0v) is 12.6. The lowest BCUT2D eigenvalue weighted by Gasteiger charge is -2.18. The fraction of sp³-hybridized carbons (Fsp3) is 0.333. The van der Waals surface area contributed by atoms with Gasteiger partial charge in [-0.05, 0) is 30.7 Å². The standard InChI is InChI=1S/C15H19ClN4/c1-3-4-9-20(2)15-10-14(17-11-18-15)19-13-7-5-12(16)6-8-13/h5-8,10-11H,3-4,9H2,1-2H3,(H,17,18,19). The number of anilines is 3. The molecule has 0 fully saturated rings. The number of nitrogens with one attached hydrogen (secondary N) is 1. The summed E-state index contributed by atoms with van der Waals surface area (Å²) in [6.45, 7) is 3.18. The van der Waals surface area contributed by atoms with Gasteiger partial charge in [0, 0.05) is 30.4 Å². The van der Waals surface area contributed by atoms with E-state index in [1.807, 2.05) is 37.4 Å². The van der Waals surface area contributed by atoms with Crippen molar-refractivity contribution in [2.24, 2.45) is 0 Å². The summed E-state index contributed by atoms with van der Waals surface area (Å²) in [5, 5.41) is 3.97. The van der Waals surface area contributed by atoms with Crippen LogP contribution in [0.3, 0.4) is 0 Å². The Hall–Kier alpha value is -1.81.